The van der Waals surface area contributed by atoms with Crippen molar-refractivity contribution >= 4 is 11.3 Å². The molecule has 5 heteroatoms. The van der Waals surface area contributed by atoms with Crippen LogP contribution in [0.1, 0.15) is 38.9 Å². The van der Waals surface area contributed by atoms with E-state index in [4.69, 9.17) is 5.73 Å². The molecule has 0 saturated heterocycles. The Morgan fingerprint density at radius 3 is 2.65 bits per heavy atom. The molecule has 3 rings (SSSR count). The first-order valence-electron chi connectivity index (χ1n) is 6.49. The van der Waals surface area contributed by atoms with Gasteiger partial charge in [-0.05, 0) is 48.6 Å². The minimum atomic E-state index is -4.33. The Hall–Kier alpha value is -1.33. The van der Waals surface area contributed by atoms with E-state index in [0.29, 0.717) is 5.56 Å². The van der Waals surface area contributed by atoms with Gasteiger partial charge in [-0.3, -0.25) is 0 Å². The van der Waals surface area contributed by atoms with E-state index in [1.165, 1.54) is 22.9 Å². The molecule has 1 heterocycles. The number of hydrogen-bond acceptors (Lipinski definition) is 2. The minimum absolute atomic E-state index is 0.479. The van der Waals surface area contributed by atoms with Crippen LogP contribution in [0.2, 0.25) is 0 Å². The second kappa shape index (κ2) is 4.90. The second-order valence-electron chi connectivity index (χ2n) is 5.05. The monoisotopic (exact) mass is 297 g/mol. The first kappa shape index (κ1) is 13.6. The minimum Gasteiger partial charge on any atom is -0.320 e. The molecule has 2 N–H and O–H groups in total. The summed E-state index contributed by atoms with van der Waals surface area (Å²) in [5.41, 5.74) is 7.31. The summed E-state index contributed by atoms with van der Waals surface area (Å²) in [6.45, 7) is 0. The summed E-state index contributed by atoms with van der Waals surface area (Å²) >= 11 is 1.63. The van der Waals surface area contributed by atoms with Crippen LogP contribution in [0.25, 0.3) is 0 Å². The van der Waals surface area contributed by atoms with Crippen molar-refractivity contribution in [2.45, 2.75) is 31.5 Å². The topological polar surface area (TPSA) is 26.0 Å². The molecule has 1 aliphatic carbocycles. The van der Waals surface area contributed by atoms with Gasteiger partial charge in [0, 0.05) is 9.75 Å². The van der Waals surface area contributed by atoms with Gasteiger partial charge >= 0.3 is 6.18 Å². The van der Waals surface area contributed by atoms with Gasteiger partial charge in [0.25, 0.3) is 0 Å². The molecule has 1 unspecified atom stereocenters. The molecule has 1 aliphatic rings. The number of fused-ring (bicyclic) bond motifs is 1. The van der Waals surface area contributed by atoms with Crippen LogP contribution in [0.3, 0.4) is 0 Å². The summed E-state index contributed by atoms with van der Waals surface area (Å²) in [6.07, 6.45) is -1.04. The van der Waals surface area contributed by atoms with Crippen molar-refractivity contribution in [3.05, 3.63) is 56.8 Å². The maximum absolute atomic E-state index is 12.7. The predicted molar refractivity (Wildman–Crippen MR) is 73.8 cm³/mol. The summed E-state index contributed by atoms with van der Waals surface area (Å²) in [5, 5.41) is 0. The number of hydrogen-bond donors (Lipinski definition) is 1. The van der Waals surface area contributed by atoms with Crippen LogP contribution in [0.5, 0.6) is 0 Å². The largest absolute Gasteiger partial charge is 0.416 e. The van der Waals surface area contributed by atoms with Gasteiger partial charge in [0.05, 0.1) is 11.6 Å². The Morgan fingerprint density at radius 1 is 1.15 bits per heavy atom. The molecular weight excluding hydrogens is 283 g/mol. The van der Waals surface area contributed by atoms with E-state index < -0.39 is 17.8 Å². The summed E-state index contributed by atoms with van der Waals surface area (Å²) in [4.78, 5) is 2.29. The lowest BCUT2D eigenvalue weighted by Crippen LogP contribution is -2.12. The van der Waals surface area contributed by atoms with Gasteiger partial charge in [0.15, 0.2) is 0 Å². The number of aryl methyl sites for hydroxylation is 2. The molecule has 0 spiro atoms. The Bertz CT molecular complexity index is 609. The third kappa shape index (κ3) is 2.47. The first-order valence-corrected chi connectivity index (χ1v) is 7.31. The maximum atomic E-state index is 12.7. The van der Waals surface area contributed by atoms with Crippen molar-refractivity contribution in [1.29, 1.82) is 0 Å². The van der Waals surface area contributed by atoms with Crippen LogP contribution in [-0.4, -0.2) is 0 Å². The Morgan fingerprint density at radius 2 is 1.95 bits per heavy atom. The third-order valence-electron chi connectivity index (χ3n) is 3.65. The number of thiophene rings is 1. The zero-order chi connectivity index (χ0) is 14.3. The molecule has 1 aromatic heterocycles. The van der Waals surface area contributed by atoms with Crippen LogP contribution in [0.15, 0.2) is 30.3 Å². The van der Waals surface area contributed by atoms with Crippen LogP contribution >= 0.6 is 11.3 Å². The van der Waals surface area contributed by atoms with Gasteiger partial charge in [-0.1, -0.05) is 12.1 Å². The average Bonchev–Trinajstić information content (AvgIpc) is 2.97. The number of halogens is 3. The molecule has 0 bridgehead atoms. The van der Waals surface area contributed by atoms with E-state index in [1.807, 2.05) is 0 Å². The van der Waals surface area contributed by atoms with Crippen molar-refractivity contribution < 1.29 is 13.2 Å². The molecule has 1 aromatic carbocycles. The predicted octanol–water partition coefficient (Wildman–Crippen LogP) is 4.30. The molecule has 20 heavy (non-hydrogen) atoms. The fraction of sp³-hybridized carbons (Fsp3) is 0.333. The number of benzene rings is 1. The van der Waals surface area contributed by atoms with Gasteiger partial charge in [-0.25, -0.2) is 0 Å². The molecule has 1 atom stereocenters. The summed E-state index contributed by atoms with van der Waals surface area (Å²) in [7, 11) is 0. The van der Waals surface area contributed by atoms with Crippen molar-refractivity contribution in [2.24, 2.45) is 5.73 Å². The molecule has 0 radical (unpaired) electrons. The maximum Gasteiger partial charge on any atom is 0.416 e. The number of nitrogens with two attached hydrogens (primary N) is 1. The Balaban J connectivity index is 1.91. The number of alkyl halides is 3. The fourth-order valence-electron chi connectivity index (χ4n) is 2.58. The Labute approximate surface area is 119 Å². The van der Waals surface area contributed by atoms with E-state index >= 15 is 0 Å². The quantitative estimate of drug-likeness (QED) is 0.878. The molecule has 0 aliphatic heterocycles. The highest BCUT2D eigenvalue weighted by molar-refractivity contribution is 7.12. The van der Waals surface area contributed by atoms with Crippen LogP contribution < -0.4 is 5.73 Å². The van der Waals surface area contributed by atoms with Gasteiger partial charge < -0.3 is 5.73 Å². The molecule has 0 amide bonds. The molecular formula is C15H14F3NS. The zero-order valence-corrected chi connectivity index (χ0v) is 11.5. The highest BCUT2D eigenvalue weighted by Crippen LogP contribution is 2.36. The summed E-state index contributed by atoms with van der Waals surface area (Å²) < 4.78 is 38.2. The smallest absolute Gasteiger partial charge is 0.320 e. The SMILES string of the molecule is NC(c1cccc(C(F)(F)F)c1)c1cc2c(s1)CCC2. The summed E-state index contributed by atoms with van der Waals surface area (Å²) in [5.74, 6) is 0. The molecule has 0 fully saturated rings. The van der Waals surface area contributed by atoms with E-state index in [-0.39, 0.29) is 0 Å². The van der Waals surface area contributed by atoms with Gasteiger partial charge in [-0.15, -0.1) is 11.3 Å². The summed E-state index contributed by atoms with van der Waals surface area (Å²) in [6, 6.07) is 6.87. The highest BCUT2D eigenvalue weighted by atomic mass is 32.1. The van der Waals surface area contributed by atoms with Gasteiger partial charge in [0.2, 0.25) is 0 Å². The highest BCUT2D eigenvalue weighted by Gasteiger charge is 2.31. The van der Waals surface area contributed by atoms with Crippen LogP contribution in [0, 0.1) is 0 Å². The second-order valence-corrected chi connectivity index (χ2v) is 6.22. The molecule has 0 saturated carbocycles. The van der Waals surface area contributed by atoms with Crippen molar-refractivity contribution in [3.63, 3.8) is 0 Å². The molecule has 2 aromatic rings. The van der Waals surface area contributed by atoms with Crippen molar-refractivity contribution in [1.82, 2.24) is 0 Å². The van der Waals surface area contributed by atoms with Gasteiger partial charge in [-0.2, -0.15) is 13.2 Å². The Kier molecular flexibility index (Phi) is 3.34. The van der Waals surface area contributed by atoms with Crippen molar-refractivity contribution in [2.75, 3.05) is 0 Å². The van der Waals surface area contributed by atoms with Crippen molar-refractivity contribution in [3.8, 4) is 0 Å². The lowest BCUT2D eigenvalue weighted by atomic mass is 10.0. The van der Waals surface area contributed by atoms with Crippen LogP contribution in [-0.2, 0) is 19.0 Å². The standard InChI is InChI=1S/C15H14F3NS/c16-15(17,18)11-5-1-4-10(7-11)14(19)13-8-9-3-2-6-12(9)20-13/h1,4-5,7-8,14H,2-3,6,19H2. The van der Waals surface area contributed by atoms with Crippen LogP contribution in [0.4, 0.5) is 13.2 Å². The number of rotatable bonds is 2. The van der Waals surface area contributed by atoms with E-state index in [9.17, 15) is 13.2 Å². The fourth-order valence-corrected chi connectivity index (χ4v) is 3.87. The lowest BCUT2D eigenvalue weighted by Gasteiger charge is -2.13. The molecule has 1 nitrogen and oxygen atoms in total. The van der Waals surface area contributed by atoms with E-state index in [2.05, 4.69) is 6.07 Å². The van der Waals surface area contributed by atoms with Gasteiger partial charge in [0.1, 0.15) is 0 Å². The van der Waals surface area contributed by atoms with E-state index in [1.54, 1.807) is 17.4 Å². The lowest BCUT2D eigenvalue weighted by molar-refractivity contribution is -0.137. The molecule has 106 valence electrons. The first-order chi connectivity index (χ1) is 9.45. The zero-order valence-electron chi connectivity index (χ0n) is 10.7. The van der Waals surface area contributed by atoms with E-state index in [0.717, 1.165) is 29.9 Å². The normalized spacial score (nSPS) is 16.2. The average molecular weight is 297 g/mol. The third-order valence-corrected chi connectivity index (χ3v) is 4.97.